The second-order valence-corrected chi connectivity index (χ2v) is 17.6. The molecule has 0 amide bonds. The Kier molecular flexibility index (Phi) is 10.3. The molecule has 72 heavy (non-hydrogen) atoms. The minimum Gasteiger partial charge on any atom is -0.309 e. The largest absolute Gasteiger partial charge is 0.309 e. The maximum atomic E-state index is 10.5. The monoisotopic (exact) mass is 914 g/mol. The van der Waals surface area contributed by atoms with E-state index in [-0.39, 0.29) is 0 Å². The molecule has 0 spiro atoms. The predicted molar refractivity (Wildman–Crippen MR) is 284 cm³/mol. The van der Waals surface area contributed by atoms with Crippen LogP contribution in [-0.2, 0) is 0 Å². The molecule has 3 aromatic heterocycles. The zero-order valence-electron chi connectivity index (χ0n) is 38.2. The summed E-state index contributed by atoms with van der Waals surface area (Å²) in [5, 5.41) is 52.7. The van der Waals surface area contributed by atoms with Crippen LogP contribution in [0.25, 0.3) is 111 Å². The van der Waals surface area contributed by atoms with E-state index in [2.05, 4.69) is 112 Å². The van der Waals surface area contributed by atoms with Gasteiger partial charge in [-0.2, -0.15) is 26.3 Å². The molecule has 12 rings (SSSR count). The van der Waals surface area contributed by atoms with Crippen molar-refractivity contribution in [2.75, 3.05) is 0 Å². The van der Waals surface area contributed by atoms with Gasteiger partial charge in [0, 0.05) is 45.1 Å². The zero-order valence-corrected chi connectivity index (χ0v) is 38.2. The Morgan fingerprint density at radius 1 is 0.278 bits per heavy atom. The Balaban J connectivity index is 1.10. The Hall–Kier alpha value is -10.8. The lowest BCUT2D eigenvalue weighted by Crippen LogP contribution is -2.02. The summed E-state index contributed by atoms with van der Waals surface area (Å²) in [6.07, 6.45) is 3.71. The van der Waals surface area contributed by atoms with Crippen molar-refractivity contribution in [2.24, 2.45) is 0 Å². The summed E-state index contributed by atoms with van der Waals surface area (Å²) in [7, 11) is 0. The van der Waals surface area contributed by atoms with E-state index in [1.165, 1.54) is 0 Å². The molecular weight excluding hydrogens is 881 g/mol. The van der Waals surface area contributed by atoms with E-state index in [1.54, 1.807) is 0 Å². The fourth-order valence-corrected chi connectivity index (χ4v) is 10.0. The highest BCUT2D eigenvalue weighted by Crippen LogP contribution is 2.44. The van der Waals surface area contributed by atoms with Crippen LogP contribution in [0.3, 0.4) is 0 Å². The second kappa shape index (κ2) is 17.4. The average Bonchev–Trinajstić information content (AvgIpc) is 3.96. The molecule has 0 saturated heterocycles. The van der Waals surface area contributed by atoms with E-state index in [9.17, 15) is 26.3 Å². The van der Waals surface area contributed by atoms with Crippen molar-refractivity contribution >= 4 is 43.6 Å². The fraction of sp³-hybridized carbons (Fsp3) is 0. The van der Waals surface area contributed by atoms with Gasteiger partial charge in [-0.1, -0.05) is 78.9 Å². The molecule has 0 fully saturated rings. The number of fused-ring (bicyclic) bond motifs is 6. The number of benzene rings is 9. The minimum atomic E-state index is 0.500. The summed E-state index contributed by atoms with van der Waals surface area (Å²) < 4.78 is 4.52. The topological polar surface area (TPSA) is 142 Å². The van der Waals surface area contributed by atoms with Crippen LogP contribution in [0, 0.1) is 56.7 Å². The van der Waals surface area contributed by atoms with Crippen molar-refractivity contribution < 1.29 is 0 Å². The molecule has 0 bridgehead atoms. The highest BCUT2D eigenvalue weighted by Gasteiger charge is 2.23. The lowest BCUT2D eigenvalue weighted by molar-refractivity contribution is 1.14. The summed E-state index contributed by atoms with van der Waals surface area (Å²) >= 11 is 0. The van der Waals surface area contributed by atoms with Crippen LogP contribution in [0.2, 0.25) is 0 Å². The molecule has 8 heteroatoms. The van der Waals surface area contributed by atoms with Gasteiger partial charge in [-0.15, -0.1) is 0 Å². The maximum Gasteiger partial charge on any atom is 0.0992 e. The summed E-state index contributed by atoms with van der Waals surface area (Å²) in [6, 6.07) is 75.4. The van der Waals surface area contributed by atoms with Crippen molar-refractivity contribution in [2.45, 2.75) is 0 Å². The lowest BCUT2D eigenvalue weighted by Gasteiger charge is -2.18. The van der Waals surface area contributed by atoms with Gasteiger partial charge in [0.05, 0.1) is 91.6 Å². The molecule has 330 valence electrons. The molecule has 8 nitrogen and oxygen atoms in total. The normalized spacial score (nSPS) is 11.0. The third-order valence-electron chi connectivity index (χ3n) is 13.6. The van der Waals surface area contributed by atoms with E-state index in [4.69, 9.17) is 4.98 Å². The van der Waals surface area contributed by atoms with Gasteiger partial charge in [0.25, 0.3) is 0 Å². The van der Waals surface area contributed by atoms with Gasteiger partial charge >= 0.3 is 0 Å². The van der Waals surface area contributed by atoms with Gasteiger partial charge in [0.15, 0.2) is 0 Å². The van der Waals surface area contributed by atoms with Crippen molar-refractivity contribution in [3.8, 4) is 97.4 Å². The summed E-state index contributed by atoms with van der Waals surface area (Å²) in [5.74, 6) is 0. The molecule has 12 aromatic rings. The molecule has 0 saturated carbocycles. The average molecular weight is 915 g/mol. The van der Waals surface area contributed by atoms with E-state index in [0.29, 0.717) is 27.8 Å². The Labute approximate surface area is 413 Å². The third-order valence-corrected chi connectivity index (χ3v) is 13.6. The van der Waals surface area contributed by atoms with Crippen molar-refractivity contribution in [3.05, 3.63) is 234 Å². The predicted octanol–water partition coefficient (Wildman–Crippen LogP) is 15.0. The molecule has 0 N–H and O–H groups in total. The highest BCUT2D eigenvalue weighted by molar-refractivity contribution is 6.14. The smallest absolute Gasteiger partial charge is 0.0992 e. The Bertz CT molecular complexity index is 4180. The summed E-state index contributed by atoms with van der Waals surface area (Å²) in [4.78, 5) is 4.76. The first-order chi connectivity index (χ1) is 35.4. The van der Waals surface area contributed by atoms with E-state index >= 15 is 0 Å². The molecular formula is C64H34N8. The minimum absolute atomic E-state index is 0.500. The van der Waals surface area contributed by atoms with E-state index in [1.807, 2.05) is 134 Å². The van der Waals surface area contributed by atoms with E-state index in [0.717, 1.165) is 111 Å². The fourth-order valence-electron chi connectivity index (χ4n) is 10.0. The van der Waals surface area contributed by atoms with Crippen LogP contribution >= 0.6 is 0 Å². The third kappa shape index (κ3) is 7.17. The van der Waals surface area contributed by atoms with Gasteiger partial charge in [0.1, 0.15) is 0 Å². The quantitative estimate of drug-likeness (QED) is 0.156. The zero-order chi connectivity index (χ0) is 48.9. The van der Waals surface area contributed by atoms with Crippen LogP contribution in [0.4, 0.5) is 0 Å². The van der Waals surface area contributed by atoms with Gasteiger partial charge < -0.3 is 9.13 Å². The number of hydrogen-bond acceptors (Lipinski definition) is 6. The number of aromatic nitrogens is 3. The summed E-state index contributed by atoms with van der Waals surface area (Å²) in [6.45, 7) is 0. The van der Waals surface area contributed by atoms with Crippen LogP contribution in [0.15, 0.2) is 207 Å². The molecule has 0 aliphatic heterocycles. The van der Waals surface area contributed by atoms with Crippen molar-refractivity contribution in [3.63, 3.8) is 0 Å². The molecule has 0 radical (unpaired) electrons. The highest BCUT2D eigenvalue weighted by atomic mass is 15.0. The van der Waals surface area contributed by atoms with Crippen LogP contribution in [-0.4, -0.2) is 14.1 Å². The lowest BCUT2D eigenvalue weighted by atomic mass is 9.99. The van der Waals surface area contributed by atoms with Crippen LogP contribution < -0.4 is 0 Å². The SMILES string of the molecule is N#Cc1ccc(-c2ccc3c(c2)c2cc(-c4ccc(C#N)cc4)ccc2n3-c2ccncc2-c2ccc(C#N)cc2-n2c3ccc(-c4ccc(C#N)cc4)cc3c3cc(-c4ccc(C#N)cc4)ccc32)cc1. The van der Waals surface area contributed by atoms with Crippen molar-refractivity contribution in [1.29, 1.82) is 26.3 Å². The standard InChI is InChI=1S/C64H34N8/c65-34-40-1-10-45(11-2-40)49-18-23-59-54(30-49)55-31-50(46-12-3-41(35-66)4-13-46)19-24-60(55)71(59)63-27-28-70-39-58(63)53-22-9-44(38-69)29-64(53)72-61-25-20-51(47-14-5-42(36-67)6-15-47)32-56(61)57-33-52(21-26-62(57)72)48-16-7-43(37-68)8-17-48/h1-33,39H. The van der Waals surface area contributed by atoms with Crippen LogP contribution in [0.5, 0.6) is 0 Å². The van der Waals surface area contributed by atoms with Crippen LogP contribution in [0.1, 0.15) is 27.8 Å². The molecule has 0 atom stereocenters. The van der Waals surface area contributed by atoms with Gasteiger partial charge in [-0.3, -0.25) is 4.98 Å². The van der Waals surface area contributed by atoms with Gasteiger partial charge in [0.2, 0.25) is 0 Å². The molecule has 0 aliphatic carbocycles. The number of rotatable bonds is 7. The molecule has 0 unspecified atom stereocenters. The van der Waals surface area contributed by atoms with E-state index < -0.39 is 0 Å². The number of nitrogens with zero attached hydrogens (tertiary/aromatic N) is 8. The van der Waals surface area contributed by atoms with Gasteiger partial charge in [-0.25, -0.2) is 0 Å². The number of hydrogen-bond donors (Lipinski definition) is 0. The molecule has 0 aliphatic rings. The maximum absolute atomic E-state index is 10.5. The second-order valence-electron chi connectivity index (χ2n) is 17.6. The first-order valence-electron chi connectivity index (χ1n) is 23.1. The van der Waals surface area contributed by atoms with Crippen molar-refractivity contribution in [1.82, 2.24) is 14.1 Å². The molecule has 9 aromatic carbocycles. The first-order valence-corrected chi connectivity index (χ1v) is 23.1. The Morgan fingerprint density at radius 2 is 0.583 bits per heavy atom. The summed E-state index contributed by atoms with van der Waals surface area (Å²) in [5.41, 5.74) is 18.0. The number of pyridine rings is 1. The van der Waals surface area contributed by atoms with Gasteiger partial charge in [-0.05, 0) is 160 Å². The molecule has 3 heterocycles. The Morgan fingerprint density at radius 3 is 0.917 bits per heavy atom. The number of nitriles is 5. The first kappa shape index (κ1) is 42.5.